The third kappa shape index (κ3) is 2.67. The van der Waals surface area contributed by atoms with Gasteiger partial charge in [0.25, 0.3) is 5.91 Å². The van der Waals surface area contributed by atoms with E-state index in [1.165, 1.54) is 6.07 Å². The van der Waals surface area contributed by atoms with Crippen LogP contribution in [-0.2, 0) is 11.8 Å². The van der Waals surface area contributed by atoms with Gasteiger partial charge in [-0.2, -0.15) is 0 Å². The first-order valence-corrected chi connectivity index (χ1v) is 6.12. The summed E-state index contributed by atoms with van der Waals surface area (Å²) in [5.41, 5.74) is -0.888. The van der Waals surface area contributed by atoms with E-state index in [0.29, 0.717) is 23.6 Å². The Morgan fingerprint density at radius 2 is 2.00 bits per heavy atom. The van der Waals surface area contributed by atoms with E-state index in [0.717, 1.165) is 0 Å². The molecule has 0 spiro atoms. The molecule has 0 aromatic carbocycles. The second-order valence-corrected chi connectivity index (χ2v) is 4.64. The summed E-state index contributed by atoms with van der Waals surface area (Å²) >= 11 is 5.79. The van der Waals surface area contributed by atoms with Gasteiger partial charge >= 0.3 is 5.97 Å². The van der Waals surface area contributed by atoms with Gasteiger partial charge in [-0.3, -0.25) is 4.79 Å². The smallest absolute Gasteiger partial charge is 0.329 e. The van der Waals surface area contributed by atoms with Crippen LogP contribution in [0.15, 0.2) is 12.3 Å². The summed E-state index contributed by atoms with van der Waals surface area (Å²) in [6.07, 6.45) is 2.24. The average molecular weight is 273 g/mol. The van der Waals surface area contributed by atoms with Crippen molar-refractivity contribution in [1.82, 2.24) is 9.88 Å². The highest BCUT2D eigenvalue weighted by atomic mass is 35.5. The molecule has 1 aromatic rings. The fourth-order valence-corrected chi connectivity index (χ4v) is 2.06. The summed E-state index contributed by atoms with van der Waals surface area (Å²) in [7, 11) is 1.68. The van der Waals surface area contributed by atoms with Gasteiger partial charge in [-0.25, -0.2) is 4.79 Å². The van der Waals surface area contributed by atoms with Crippen LogP contribution < -0.4 is 5.32 Å². The van der Waals surface area contributed by atoms with Crippen LogP contribution in [0.2, 0.25) is 5.02 Å². The molecule has 2 N–H and O–H groups in total. The molecule has 0 bridgehead atoms. The van der Waals surface area contributed by atoms with E-state index in [-0.39, 0.29) is 0 Å². The van der Waals surface area contributed by atoms with Gasteiger partial charge in [-0.1, -0.05) is 25.4 Å². The van der Waals surface area contributed by atoms with Crippen molar-refractivity contribution in [3.05, 3.63) is 23.0 Å². The van der Waals surface area contributed by atoms with Gasteiger partial charge in [0.15, 0.2) is 0 Å². The highest BCUT2D eigenvalue weighted by Crippen LogP contribution is 2.18. The van der Waals surface area contributed by atoms with Crippen LogP contribution in [0.3, 0.4) is 0 Å². The Labute approximate surface area is 111 Å². The van der Waals surface area contributed by atoms with Crippen molar-refractivity contribution in [1.29, 1.82) is 0 Å². The topological polar surface area (TPSA) is 71.3 Å². The molecule has 0 aliphatic heterocycles. The van der Waals surface area contributed by atoms with Gasteiger partial charge < -0.3 is 15.0 Å². The van der Waals surface area contributed by atoms with Crippen LogP contribution in [0.5, 0.6) is 0 Å². The van der Waals surface area contributed by atoms with E-state index in [2.05, 4.69) is 5.32 Å². The second-order valence-electron chi connectivity index (χ2n) is 4.20. The van der Waals surface area contributed by atoms with Gasteiger partial charge in [-0.15, -0.1) is 0 Å². The molecule has 0 unspecified atom stereocenters. The number of carboxylic acids is 1. The van der Waals surface area contributed by atoms with E-state index < -0.39 is 17.4 Å². The molecular weight excluding hydrogens is 256 g/mol. The van der Waals surface area contributed by atoms with Crippen molar-refractivity contribution in [3.63, 3.8) is 0 Å². The van der Waals surface area contributed by atoms with Crippen molar-refractivity contribution < 1.29 is 14.7 Å². The van der Waals surface area contributed by atoms with E-state index in [4.69, 9.17) is 11.6 Å². The first kappa shape index (κ1) is 14.6. The number of carboxylic acid groups (broad SMARTS) is 1. The van der Waals surface area contributed by atoms with Crippen LogP contribution in [0.1, 0.15) is 37.2 Å². The lowest BCUT2D eigenvalue weighted by atomic mass is 9.93. The first-order valence-electron chi connectivity index (χ1n) is 5.74. The maximum Gasteiger partial charge on any atom is 0.329 e. The normalized spacial score (nSPS) is 11.3. The molecular formula is C12H17ClN2O3. The Balaban J connectivity index is 2.99. The van der Waals surface area contributed by atoms with Crippen molar-refractivity contribution >= 4 is 23.5 Å². The molecule has 1 amide bonds. The van der Waals surface area contributed by atoms with Crippen molar-refractivity contribution in [2.24, 2.45) is 7.05 Å². The standard InChI is InChI=1S/C12H17ClN2O3/c1-4-12(5-2,11(17)18)14-10(16)9-6-8(13)7-15(9)3/h6-7H,4-5H2,1-3H3,(H,14,16)(H,17,18). The summed E-state index contributed by atoms with van der Waals surface area (Å²) in [5, 5.41) is 12.3. The zero-order valence-electron chi connectivity index (χ0n) is 10.7. The highest BCUT2D eigenvalue weighted by molar-refractivity contribution is 6.31. The minimum Gasteiger partial charge on any atom is -0.480 e. The largest absolute Gasteiger partial charge is 0.480 e. The number of nitrogens with zero attached hydrogens (tertiary/aromatic N) is 1. The number of halogens is 1. The number of rotatable bonds is 5. The van der Waals surface area contributed by atoms with Crippen LogP contribution in [0.25, 0.3) is 0 Å². The molecule has 1 rings (SSSR count). The summed E-state index contributed by atoms with van der Waals surface area (Å²) in [6.45, 7) is 3.46. The van der Waals surface area contributed by atoms with E-state index in [1.54, 1.807) is 31.7 Å². The molecule has 0 saturated heterocycles. The first-order chi connectivity index (χ1) is 8.36. The Bertz CT molecular complexity index is 464. The van der Waals surface area contributed by atoms with Crippen LogP contribution in [0.4, 0.5) is 0 Å². The molecule has 18 heavy (non-hydrogen) atoms. The monoisotopic (exact) mass is 272 g/mol. The molecule has 5 nitrogen and oxygen atoms in total. The molecule has 1 aromatic heterocycles. The molecule has 0 saturated carbocycles. The van der Waals surface area contributed by atoms with Crippen molar-refractivity contribution in [2.45, 2.75) is 32.2 Å². The van der Waals surface area contributed by atoms with Crippen molar-refractivity contribution in [3.8, 4) is 0 Å². The fourth-order valence-electron chi connectivity index (χ4n) is 1.81. The molecule has 6 heteroatoms. The number of aryl methyl sites for hydroxylation is 1. The minimum absolute atomic E-state index is 0.322. The highest BCUT2D eigenvalue weighted by Gasteiger charge is 2.37. The minimum atomic E-state index is -1.23. The number of aromatic nitrogens is 1. The average Bonchev–Trinajstić information content (AvgIpc) is 2.65. The molecule has 0 radical (unpaired) electrons. The zero-order chi connectivity index (χ0) is 13.9. The van der Waals surface area contributed by atoms with Crippen LogP contribution in [0, 0.1) is 0 Å². The van der Waals surface area contributed by atoms with Gasteiger partial charge in [0.05, 0.1) is 5.02 Å². The van der Waals surface area contributed by atoms with Crippen molar-refractivity contribution in [2.75, 3.05) is 0 Å². The number of aliphatic carboxylic acids is 1. The molecule has 0 aliphatic rings. The maximum absolute atomic E-state index is 12.1. The summed E-state index contributed by atoms with van der Waals surface area (Å²) in [4.78, 5) is 23.4. The lowest BCUT2D eigenvalue weighted by Crippen LogP contribution is -2.54. The zero-order valence-corrected chi connectivity index (χ0v) is 11.4. The lowest BCUT2D eigenvalue weighted by molar-refractivity contribution is -0.144. The van der Waals surface area contributed by atoms with Gasteiger partial charge in [-0.05, 0) is 18.9 Å². The van der Waals surface area contributed by atoms with E-state index in [1.807, 2.05) is 0 Å². The molecule has 0 atom stereocenters. The summed E-state index contributed by atoms with van der Waals surface area (Å²) < 4.78 is 1.57. The second kappa shape index (κ2) is 5.44. The van der Waals surface area contributed by atoms with Gasteiger partial charge in [0, 0.05) is 13.2 Å². The molecule has 0 aliphatic carbocycles. The number of hydrogen-bond acceptors (Lipinski definition) is 2. The Morgan fingerprint density at radius 3 is 2.33 bits per heavy atom. The SMILES string of the molecule is CCC(CC)(NC(=O)c1cc(Cl)cn1C)C(=O)O. The summed E-state index contributed by atoms with van der Waals surface area (Å²) in [6, 6.07) is 1.51. The third-order valence-corrected chi connectivity index (χ3v) is 3.38. The van der Waals surface area contributed by atoms with Crippen LogP contribution in [-0.4, -0.2) is 27.1 Å². The Kier molecular flexibility index (Phi) is 4.40. The summed E-state index contributed by atoms with van der Waals surface area (Å²) in [5.74, 6) is -1.46. The van der Waals surface area contributed by atoms with Crippen LogP contribution >= 0.6 is 11.6 Å². The fraction of sp³-hybridized carbons (Fsp3) is 0.500. The Morgan fingerprint density at radius 1 is 1.44 bits per heavy atom. The van der Waals surface area contributed by atoms with E-state index in [9.17, 15) is 14.7 Å². The quantitative estimate of drug-likeness (QED) is 0.862. The molecule has 1 heterocycles. The number of carbonyl (C=O) groups excluding carboxylic acids is 1. The predicted octanol–water partition coefficient (Wildman–Crippen LogP) is 2.05. The van der Waals surface area contributed by atoms with E-state index >= 15 is 0 Å². The maximum atomic E-state index is 12.1. The lowest BCUT2D eigenvalue weighted by Gasteiger charge is -2.28. The molecule has 0 fully saturated rings. The number of hydrogen-bond donors (Lipinski definition) is 2. The Hall–Kier alpha value is -1.49. The number of carbonyl (C=O) groups is 2. The van der Waals surface area contributed by atoms with Gasteiger partial charge in [0.1, 0.15) is 11.2 Å². The number of nitrogens with one attached hydrogen (secondary N) is 1. The third-order valence-electron chi connectivity index (χ3n) is 3.17. The molecule has 100 valence electrons. The number of amides is 1. The predicted molar refractivity (Wildman–Crippen MR) is 68.8 cm³/mol. The van der Waals surface area contributed by atoms with Gasteiger partial charge in [0.2, 0.25) is 0 Å².